The summed E-state index contributed by atoms with van der Waals surface area (Å²) in [5, 5.41) is 10.6. The Morgan fingerprint density at radius 3 is 2.68 bits per heavy atom. The summed E-state index contributed by atoms with van der Waals surface area (Å²) in [5.74, 6) is -2.06. The van der Waals surface area contributed by atoms with Gasteiger partial charge >= 0.3 is 5.97 Å². The fourth-order valence-corrected chi connectivity index (χ4v) is 10.1. The van der Waals surface area contributed by atoms with Gasteiger partial charge in [-0.2, -0.15) is 0 Å². The Bertz CT molecular complexity index is 1100. The van der Waals surface area contributed by atoms with Gasteiger partial charge in [-0.05, 0) is 49.7 Å². The van der Waals surface area contributed by atoms with Crippen LogP contribution >= 0.6 is 11.8 Å². The molecule has 210 valence electrons. The molecule has 0 amide bonds. The molecule has 4 aliphatic carbocycles. The molecule has 0 radical (unpaired) electrons. The Labute approximate surface area is 225 Å². The molecule has 2 saturated heterocycles. The van der Waals surface area contributed by atoms with Crippen LogP contribution in [-0.2, 0) is 28.6 Å². The first-order valence-corrected chi connectivity index (χ1v) is 14.8. The summed E-state index contributed by atoms with van der Waals surface area (Å²) in [5.41, 5.74) is -5.90. The quantitative estimate of drug-likeness (QED) is 0.521. The van der Waals surface area contributed by atoms with Crippen LogP contribution in [0.1, 0.15) is 72.1 Å². The van der Waals surface area contributed by atoms with E-state index >= 15 is 8.78 Å². The average molecular weight is 555 g/mol. The first-order chi connectivity index (χ1) is 17.9. The van der Waals surface area contributed by atoms with E-state index in [-0.39, 0.29) is 48.8 Å². The maximum absolute atomic E-state index is 17.5. The molecule has 38 heavy (non-hydrogen) atoms. The molecular weight excluding hydrogens is 518 g/mol. The van der Waals surface area contributed by atoms with E-state index in [1.54, 1.807) is 6.92 Å². The van der Waals surface area contributed by atoms with Gasteiger partial charge in [0.05, 0.1) is 18.8 Å². The predicted molar refractivity (Wildman–Crippen MR) is 133 cm³/mol. The number of ketones is 1. The number of ether oxygens (including phenoxy) is 3. The van der Waals surface area contributed by atoms with Crippen molar-refractivity contribution >= 4 is 28.6 Å². The van der Waals surface area contributed by atoms with E-state index in [9.17, 15) is 19.5 Å². The zero-order valence-corrected chi connectivity index (χ0v) is 22.9. The van der Waals surface area contributed by atoms with Crippen LogP contribution in [0.5, 0.6) is 0 Å². The van der Waals surface area contributed by atoms with E-state index in [1.165, 1.54) is 6.08 Å². The molecule has 0 aromatic carbocycles. The highest BCUT2D eigenvalue weighted by Gasteiger charge is 2.80. The number of fused-ring (bicyclic) bond motifs is 7. The molecule has 0 aromatic rings. The fourth-order valence-electron chi connectivity index (χ4n) is 8.89. The molecular formula is C28H36F2O7S. The molecule has 6 aliphatic rings. The van der Waals surface area contributed by atoms with Crippen molar-refractivity contribution in [3.8, 4) is 0 Å². The molecule has 5 fully saturated rings. The third kappa shape index (κ3) is 3.26. The van der Waals surface area contributed by atoms with Gasteiger partial charge in [0.25, 0.3) is 0 Å². The van der Waals surface area contributed by atoms with E-state index in [1.807, 2.05) is 13.8 Å². The number of aliphatic hydroxyl groups excluding tert-OH is 1. The SMILES string of the molecule is CCC[C@@H]1O[C@@H]2C[C@H]3[C@@H]4C[C@H](F)C5=CC(=O)CC[C@]5(C)[C@@]4(F)C(O)C[C@]3(C)[C@]2(C(=O)S[C@H]2CCOC2=O)O1. The van der Waals surface area contributed by atoms with Crippen LogP contribution in [0.3, 0.4) is 0 Å². The van der Waals surface area contributed by atoms with Crippen LogP contribution in [0.15, 0.2) is 11.6 Å². The van der Waals surface area contributed by atoms with Gasteiger partial charge in [0.15, 0.2) is 17.7 Å². The molecule has 1 unspecified atom stereocenters. The van der Waals surface area contributed by atoms with E-state index in [0.717, 1.165) is 18.2 Å². The number of hydrogen-bond donors (Lipinski definition) is 1. The lowest BCUT2D eigenvalue weighted by Gasteiger charge is -2.64. The van der Waals surface area contributed by atoms with Crippen molar-refractivity contribution in [3.05, 3.63) is 11.6 Å². The summed E-state index contributed by atoms with van der Waals surface area (Å²) < 4.78 is 51.1. The Morgan fingerprint density at radius 1 is 1.24 bits per heavy atom. The number of thioether (sulfide) groups is 1. The minimum absolute atomic E-state index is 0.0709. The zero-order chi connectivity index (χ0) is 27.3. The Morgan fingerprint density at radius 2 is 2.00 bits per heavy atom. The van der Waals surface area contributed by atoms with E-state index in [2.05, 4.69) is 0 Å². The molecule has 0 aromatic heterocycles. The molecule has 1 N–H and O–H groups in total. The number of cyclic esters (lactones) is 1. The topological polar surface area (TPSA) is 99.1 Å². The largest absolute Gasteiger partial charge is 0.465 e. The number of carbonyl (C=O) groups excluding carboxylic acids is 3. The summed E-state index contributed by atoms with van der Waals surface area (Å²) in [6.45, 7) is 5.71. The van der Waals surface area contributed by atoms with E-state index in [4.69, 9.17) is 14.2 Å². The number of aliphatic hydroxyl groups is 1. The normalized spacial score (nSPS) is 51.5. The first kappa shape index (κ1) is 26.8. The maximum atomic E-state index is 17.5. The van der Waals surface area contributed by atoms with Crippen LogP contribution in [0.4, 0.5) is 8.78 Å². The molecule has 0 spiro atoms. The number of esters is 1. The Balaban J connectivity index is 1.42. The van der Waals surface area contributed by atoms with Gasteiger partial charge in [-0.3, -0.25) is 14.4 Å². The predicted octanol–water partition coefficient (Wildman–Crippen LogP) is 3.99. The molecule has 0 bridgehead atoms. The molecule has 3 saturated carbocycles. The second-order valence-corrected chi connectivity index (χ2v) is 13.7. The van der Waals surface area contributed by atoms with Gasteiger partial charge in [-0.25, -0.2) is 8.78 Å². The summed E-state index contributed by atoms with van der Waals surface area (Å²) >= 11 is 0.888. The molecule has 6 rings (SSSR count). The third-order valence-corrected chi connectivity index (χ3v) is 12.0. The van der Waals surface area contributed by atoms with Crippen molar-refractivity contribution in [1.82, 2.24) is 0 Å². The number of carbonyl (C=O) groups is 3. The van der Waals surface area contributed by atoms with Crippen LogP contribution < -0.4 is 0 Å². The summed E-state index contributed by atoms with van der Waals surface area (Å²) in [7, 11) is 0. The standard InChI is InChI=1S/C28H36F2O7S/c1-4-5-22-36-21-12-15-16-11-18(29)17-10-14(31)6-8-25(17,2)27(16,30)20(32)13-26(15,3)28(21,37-22)24(34)38-19-7-9-35-23(19)33/h10,15-16,18-22,32H,4-9,11-13H2,1-3H3/t15-,16-,18-,19-,20?,21+,22+,25-,26-,27-,28-/m0/s1. The molecule has 2 aliphatic heterocycles. The van der Waals surface area contributed by atoms with Crippen LogP contribution in [0.25, 0.3) is 0 Å². The van der Waals surface area contributed by atoms with Crippen LogP contribution in [0.2, 0.25) is 0 Å². The first-order valence-electron chi connectivity index (χ1n) is 13.9. The van der Waals surface area contributed by atoms with Gasteiger partial charge in [-0.15, -0.1) is 0 Å². The van der Waals surface area contributed by atoms with E-state index < -0.39 is 69.8 Å². The second-order valence-electron chi connectivity index (χ2n) is 12.5. The van der Waals surface area contributed by atoms with Crippen molar-refractivity contribution in [2.75, 3.05) is 6.61 Å². The smallest absolute Gasteiger partial charge is 0.319 e. The fraction of sp³-hybridized carbons (Fsp3) is 0.821. The lowest BCUT2D eigenvalue weighted by atomic mass is 9.43. The van der Waals surface area contributed by atoms with Gasteiger partial charge in [0.2, 0.25) is 5.12 Å². The Hall–Kier alpha value is -1.36. The lowest BCUT2D eigenvalue weighted by molar-refractivity contribution is -0.240. The highest BCUT2D eigenvalue weighted by atomic mass is 32.2. The van der Waals surface area contributed by atoms with Crippen molar-refractivity contribution in [2.24, 2.45) is 22.7 Å². The third-order valence-electron chi connectivity index (χ3n) is 10.8. The molecule has 10 heteroatoms. The van der Waals surface area contributed by atoms with Gasteiger partial charge in [0.1, 0.15) is 17.1 Å². The van der Waals surface area contributed by atoms with Crippen LogP contribution in [0, 0.1) is 22.7 Å². The summed E-state index contributed by atoms with van der Waals surface area (Å²) in [4.78, 5) is 38.5. The number of rotatable bonds is 4. The summed E-state index contributed by atoms with van der Waals surface area (Å²) in [6, 6.07) is 0. The number of halogens is 2. The van der Waals surface area contributed by atoms with Crippen molar-refractivity contribution in [3.63, 3.8) is 0 Å². The monoisotopic (exact) mass is 554 g/mol. The van der Waals surface area contributed by atoms with Crippen molar-refractivity contribution < 1.29 is 42.5 Å². The lowest BCUT2D eigenvalue weighted by Crippen LogP contribution is -2.71. The Kier molecular flexibility index (Phi) is 6.23. The molecule has 7 nitrogen and oxygen atoms in total. The van der Waals surface area contributed by atoms with Gasteiger partial charge < -0.3 is 19.3 Å². The molecule has 2 heterocycles. The number of allylic oxidation sites excluding steroid dienone is 1. The van der Waals surface area contributed by atoms with Gasteiger partial charge in [-0.1, -0.05) is 39.0 Å². The molecule has 11 atom stereocenters. The second kappa shape index (κ2) is 8.82. The minimum Gasteiger partial charge on any atom is -0.465 e. The average Bonchev–Trinajstić information content (AvgIpc) is 3.50. The number of alkyl halides is 2. The maximum Gasteiger partial charge on any atom is 0.319 e. The van der Waals surface area contributed by atoms with Crippen molar-refractivity contribution in [2.45, 2.75) is 113 Å². The zero-order valence-electron chi connectivity index (χ0n) is 22.0. The van der Waals surface area contributed by atoms with Crippen LogP contribution in [-0.4, -0.2) is 69.8 Å². The highest BCUT2D eigenvalue weighted by Crippen LogP contribution is 2.73. The highest BCUT2D eigenvalue weighted by molar-refractivity contribution is 8.14. The number of hydrogen-bond acceptors (Lipinski definition) is 8. The van der Waals surface area contributed by atoms with Crippen molar-refractivity contribution in [1.29, 1.82) is 0 Å². The van der Waals surface area contributed by atoms with Gasteiger partial charge in [0, 0.05) is 29.6 Å². The minimum atomic E-state index is -2.17. The summed E-state index contributed by atoms with van der Waals surface area (Å²) in [6.07, 6.45) is -1.09. The van der Waals surface area contributed by atoms with E-state index in [0.29, 0.717) is 19.3 Å².